The highest BCUT2D eigenvalue weighted by molar-refractivity contribution is 5.80. The van der Waals surface area contributed by atoms with Crippen LogP contribution in [0.4, 0.5) is 0 Å². The van der Waals surface area contributed by atoms with Crippen molar-refractivity contribution in [2.24, 2.45) is 0 Å². The van der Waals surface area contributed by atoms with E-state index >= 15 is 0 Å². The van der Waals surface area contributed by atoms with Crippen molar-refractivity contribution in [3.05, 3.63) is 51.1 Å². The number of aromatic amines is 1. The fourth-order valence-electron chi connectivity index (χ4n) is 4.92. The molecule has 0 amide bonds. The topological polar surface area (TPSA) is 88.9 Å². The van der Waals surface area contributed by atoms with Gasteiger partial charge in [0.15, 0.2) is 5.82 Å². The average molecular weight is 439 g/mol. The summed E-state index contributed by atoms with van der Waals surface area (Å²) in [6, 6.07) is 6.74. The minimum atomic E-state index is -0.0161. The monoisotopic (exact) mass is 438 g/mol. The van der Waals surface area contributed by atoms with Crippen LogP contribution in [0.5, 0.6) is 0 Å². The molecule has 1 aliphatic carbocycles. The standard InChI is InChI=1S/C24H34N6O2/c1-5-22(23-26-27-28-30(23)10-11-32-4)29(20-8-6-7-9-20)15-19-14-18-12-16(2)17(3)13-21(18)25-24(19)31/h12-14,20,22H,5-11,15H2,1-4H3,(H,25,31)/t22-/m0/s1. The van der Waals surface area contributed by atoms with Gasteiger partial charge in [0.2, 0.25) is 0 Å². The Morgan fingerprint density at radius 2 is 1.97 bits per heavy atom. The van der Waals surface area contributed by atoms with Crippen molar-refractivity contribution in [3.8, 4) is 0 Å². The SMILES string of the molecule is CC[C@@H](c1nnnn1CCOC)N(Cc1cc2cc(C)c(C)cc2[nH]c1=O)C1CCCC1. The number of rotatable bonds is 9. The summed E-state index contributed by atoms with van der Waals surface area (Å²) in [4.78, 5) is 18.6. The first-order chi connectivity index (χ1) is 15.5. The second kappa shape index (κ2) is 9.92. The molecule has 0 radical (unpaired) electrons. The van der Waals surface area contributed by atoms with Crippen molar-refractivity contribution >= 4 is 10.9 Å². The zero-order valence-electron chi connectivity index (χ0n) is 19.6. The van der Waals surface area contributed by atoms with Crippen molar-refractivity contribution < 1.29 is 4.74 Å². The summed E-state index contributed by atoms with van der Waals surface area (Å²) < 4.78 is 7.08. The van der Waals surface area contributed by atoms with Crippen LogP contribution in [-0.4, -0.2) is 49.8 Å². The highest BCUT2D eigenvalue weighted by atomic mass is 16.5. The summed E-state index contributed by atoms with van der Waals surface area (Å²) in [7, 11) is 1.68. The number of tetrazole rings is 1. The van der Waals surface area contributed by atoms with E-state index in [0.717, 1.165) is 41.6 Å². The van der Waals surface area contributed by atoms with Crippen molar-refractivity contribution in [1.82, 2.24) is 30.1 Å². The van der Waals surface area contributed by atoms with Gasteiger partial charge in [0.1, 0.15) is 0 Å². The van der Waals surface area contributed by atoms with Crippen LogP contribution < -0.4 is 5.56 Å². The smallest absolute Gasteiger partial charge is 0.252 e. The minimum absolute atomic E-state index is 0.0161. The summed E-state index contributed by atoms with van der Waals surface area (Å²) in [5.41, 5.74) is 4.08. The molecule has 1 atom stereocenters. The molecule has 0 bridgehead atoms. The summed E-state index contributed by atoms with van der Waals surface area (Å²) in [5, 5.41) is 13.6. The first-order valence-electron chi connectivity index (χ1n) is 11.7. The Hall–Kier alpha value is -2.58. The molecule has 8 nitrogen and oxygen atoms in total. The summed E-state index contributed by atoms with van der Waals surface area (Å²) in [6.45, 7) is 8.10. The lowest BCUT2D eigenvalue weighted by atomic mass is 10.0. The van der Waals surface area contributed by atoms with E-state index < -0.39 is 0 Å². The molecule has 4 rings (SSSR count). The van der Waals surface area contributed by atoms with Gasteiger partial charge in [-0.1, -0.05) is 19.8 Å². The first kappa shape index (κ1) is 22.6. The molecule has 2 aromatic heterocycles. The van der Waals surface area contributed by atoms with Crippen LogP contribution in [0, 0.1) is 13.8 Å². The zero-order chi connectivity index (χ0) is 22.7. The molecule has 1 saturated carbocycles. The van der Waals surface area contributed by atoms with E-state index in [9.17, 15) is 4.79 Å². The second-order valence-corrected chi connectivity index (χ2v) is 8.94. The predicted octanol–water partition coefficient (Wildman–Crippen LogP) is 3.67. The van der Waals surface area contributed by atoms with Crippen LogP contribution >= 0.6 is 0 Å². The van der Waals surface area contributed by atoms with Gasteiger partial charge >= 0.3 is 0 Å². The van der Waals surface area contributed by atoms with E-state index in [-0.39, 0.29) is 11.6 Å². The van der Waals surface area contributed by atoms with E-state index in [0.29, 0.717) is 25.7 Å². The number of aromatic nitrogens is 5. The summed E-state index contributed by atoms with van der Waals surface area (Å²) >= 11 is 0. The second-order valence-electron chi connectivity index (χ2n) is 8.94. The van der Waals surface area contributed by atoms with Gasteiger partial charge in [-0.25, -0.2) is 4.68 Å². The fraction of sp³-hybridized carbons (Fsp3) is 0.583. The summed E-state index contributed by atoms with van der Waals surface area (Å²) in [6.07, 6.45) is 5.59. The largest absolute Gasteiger partial charge is 0.383 e. The third-order valence-electron chi connectivity index (χ3n) is 6.83. The van der Waals surface area contributed by atoms with E-state index in [2.05, 4.69) is 64.4 Å². The Kier molecular flexibility index (Phi) is 7.01. The number of benzene rings is 1. The van der Waals surface area contributed by atoms with Crippen LogP contribution in [0.2, 0.25) is 0 Å². The van der Waals surface area contributed by atoms with Crippen LogP contribution in [0.3, 0.4) is 0 Å². The fourth-order valence-corrected chi connectivity index (χ4v) is 4.92. The van der Waals surface area contributed by atoms with Crippen LogP contribution in [0.1, 0.15) is 67.6 Å². The molecule has 1 aromatic carbocycles. The van der Waals surface area contributed by atoms with Crippen LogP contribution in [-0.2, 0) is 17.8 Å². The predicted molar refractivity (Wildman–Crippen MR) is 125 cm³/mol. The zero-order valence-corrected chi connectivity index (χ0v) is 19.6. The number of nitrogens with one attached hydrogen (secondary N) is 1. The van der Waals surface area contributed by atoms with E-state index in [1.165, 1.54) is 24.0 Å². The van der Waals surface area contributed by atoms with E-state index in [4.69, 9.17) is 4.74 Å². The molecule has 172 valence electrons. The van der Waals surface area contributed by atoms with Crippen molar-refractivity contribution in [2.45, 2.75) is 78.0 Å². The molecule has 1 N–H and O–H groups in total. The molecular weight excluding hydrogens is 404 g/mol. The molecule has 1 fully saturated rings. The maximum atomic E-state index is 13.0. The van der Waals surface area contributed by atoms with Crippen molar-refractivity contribution in [3.63, 3.8) is 0 Å². The lowest BCUT2D eigenvalue weighted by molar-refractivity contribution is 0.109. The number of hydrogen-bond acceptors (Lipinski definition) is 6. The van der Waals surface area contributed by atoms with Gasteiger partial charge in [-0.05, 0) is 78.2 Å². The molecule has 2 heterocycles. The molecule has 1 aliphatic rings. The van der Waals surface area contributed by atoms with E-state index in [1.54, 1.807) is 7.11 Å². The Morgan fingerprint density at radius 1 is 1.22 bits per heavy atom. The van der Waals surface area contributed by atoms with Gasteiger partial charge in [0.05, 0.1) is 19.2 Å². The van der Waals surface area contributed by atoms with Gasteiger partial charge in [-0.3, -0.25) is 9.69 Å². The van der Waals surface area contributed by atoms with Crippen LogP contribution in [0.25, 0.3) is 10.9 Å². The van der Waals surface area contributed by atoms with Gasteiger partial charge in [0.25, 0.3) is 5.56 Å². The highest BCUT2D eigenvalue weighted by Crippen LogP contribution is 2.33. The Morgan fingerprint density at radius 3 is 2.69 bits per heavy atom. The highest BCUT2D eigenvalue weighted by Gasteiger charge is 2.32. The molecule has 0 aliphatic heterocycles. The van der Waals surface area contributed by atoms with E-state index in [1.807, 2.05) is 4.68 Å². The number of H-pyrrole nitrogens is 1. The first-order valence-corrected chi connectivity index (χ1v) is 11.7. The van der Waals surface area contributed by atoms with Gasteiger partial charge in [-0.15, -0.1) is 5.10 Å². The third kappa shape index (κ3) is 4.61. The quantitative estimate of drug-likeness (QED) is 0.548. The minimum Gasteiger partial charge on any atom is -0.383 e. The molecule has 8 heteroatoms. The molecule has 32 heavy (non-hydrogen) atoms. The number of hydrogen-bond donors (Lipinski definition) is 1. The van der Waals surface area contributed by atoms with Crippen LogP contribution in [0.15, 0.2) is 23.0 Å². The molecule has 0 saturated heterocycles. The molecule has 3 aromatic rings. The molecule has 0 unspecified atom stereocenters. The number of methoxy groups -OCH3 is 1. The number of pyridine rings is 1. The number of fused-ring (bicyclic) bond motifs is 1. The van der Waals surface area contributed by atoms with Gasteiger partial charge in [-0.2, -0.15) is 0 Å². The van der Waals surface area contributed by atoms with Crippen molar-refractivity contribution in [2.75, 3.05) is 13.7 Å². The summed E-state index contributed by atoms with van der Waals surface area (Å²) in [5.74, 6) is 0.847. The molecular formula is C24H34N6O2. The van der Waals surface area contributed by atoms with Gasteiger partial charge in [0, 0.05) is 30.8 Å². The van der Waals surface area contributed by atoms with Gasteiger partial charge < -0.3 is 9.72 Å². The Balaban J connectivity index is 1.71. The van der Waals surface area contributed by atoms with Crippen molar-refractivity contribution in [1.29, 1.82) is 0 Å². The number of ether oxygens (including phenoxy) is 1. The lowest BCUT2D eigenvalue weighted by Gasteiger charge is -2.35. The Labute approximate surface area is 189 Å². The third-order valence-corrected chi connectivity index (χ3v) is 6.83. The number of nitrogens with zero attached hydrogens (tertiary/aromatic N) is 5. The maximum absolute atomic E-state index is 13.0. The normalized spacial score (nSPS) is 15.8. The lowest BCUT2D eigenvalue weighted by Crippen LogP contribution is -2.39. The number of aryl methyl sites for hydroxylation is 2. The average Bonchev–Trinajstić information content (AvgIpc) is 3.46. The maximum Gasteiger partial charge on any atom is 0.252 e. The Bertz CT molecular complexity index is 1120. The molecule has 0 spiro atoms.